The topological polar surface area (TPSA) is 3.01 Å². The van der Waals surface area contributed by atoms with E-state index in [1.54, 1.807) is 0 Å². The fourth-order valence-electron chi connectivity index (χ4n) is 3.10. The lowest BCUT2D eigenvalue weighted by molar-refractivity contribution is 0.371. The molecule has 2 saturated heterocycles. The highest BCUT2D eigenvalue weighted by Gasteiger charge is 2.51. The number of likely N-dealkylation sites (N-methyl/N-ethyl adjacent to an activating group) is 1. The minimum Gasteiger partial charge on any atom is -0.297 e. The monoisotopic (exact) mass is 213 g/mol. The van der Waals surface area contributed by atoms with Crippen molar-refractivity contribution in [2.24, 2.45) is 5.92 Å². The zero-order chi connectivity index (χ0) is 10.1. The van der Waals surface area contributed by atoms with Crippen LogP contribution < -0.4 is 0 Å². The number of rotatable bonds is 0. The van der Waals surface area contributed by atoms with Crippen molar-refractivity contribution in [2.75, 3.05) is 12.8 Å². The molecule has 82 valence electrons. The number of hydrogen-bond acceptors (Lipinski definition) is 2. The van der Waals surface area contributed by atoms with Gasteiger partial charge in [0.05, 0.1) is 0 Å². The van der Waals surface area contributed by atoms with Crippen molar-refractivity contribution in [3.63, 3.8) is 0 Å². The molecule has 3 aliphatic rings. The van der Waals surface area contributed by atoms with E-state index in [1.165, 1.54) is 31.4 Å². The first-order valence-corrected chi connectivity index (χ1v) is 7.24. The van der Waals surface area contributed by atoms with E-state index >= 15 is 0 Å². The van der Waals surface area contributed by atoms with E-state index in [4.69, 9.17) is 0 Å². The summed E-state index contributed by atoms with van der Waals surface area (Å²) < 4.78 is 0. The molecule has 3 fully saturated rings. The van der Waals surface area contributed by atoms with Crippen molar-refractivity contribution in [3.05, 3.63) is 0 Å². The molecule has 0 aromatic carbocycles. The second-order valence-corrected chi connectivity index (χ2v) is 5.93. The van der Waals surface area contributed by atoms with Crippen LogP contribution in [-0.2, 0) is 0 Å². The molecule has 0 bridgehead atoms. The van der Waals surface area contributed by atoms with E-state index in [1.807, 2.05) is 13.8 Å². The number of hydrogen-bond donors (Lipinski definition) is 0. The lowest BCUT2D eigenvalue weighted by Gasteiger charge is -2.33. The maximum atomic E-state index is 2.58. The Morgan fingerprint density at radius 2 is 1.86 bits per heavy atom. The van der Waals surface area contributed by atoms with E-state index in [9.17, 15) is 0 Å². The standard InChI is InChI=1S/C10H17NS.C2H6/c1-11-8-5-7-3-2-4-12-10(7)6-9(8)11;1-2/h7-10H,2-6H2,1H3;1-2H3. The summed E-state index contributed by atoms with van der Waals surface area (Å²) in [5.41, 5.74) is 0. The van der Waals surface area contributed by atoms with Gasteiger partial charge in [-0.25, -0.2) is 0 Å². The number of thioether (sulfide) groups is 1. The van der Waals surface area contributed by atoms with Crippen LogP contribution in [-0.4, -0.2) is 35.0 Å². The Bertz CT molecular complexity index is 175. The molecule has 5 atom stereocenters. The first-order valence-electron chi connectivity index (χ1n) is 6.20. The highest BCUT2D eigenvalue weighted by atomic mass is 32.2. The Hall–Kier alpha value is 0.310. The normalized spacial score (nSPS) is 49.5. The molecule has 1 nitrogen and oxygen atoms in total. The summed E-state index contributed by atoms with van der Waals surface area (Å²) in [5, 5.41) is 1.03. The van der Waals surface area contributed by atoms with Gasteiger partial charge in [0, 0.05) is 17.3 Å². The zero-order valence-electron chi connectivity index (χ0n) is 9.70. The number of fused-ring (bicyclic) bond motifs is 2. The molecule has 2 aliphatic heterocycles. The lowest BCUT2D eigenvalue weighted by atomic mass is 9.85. The van der Waals surface area contributed by atoms with Crippen LogP contribution in [0.5, 0.6) is 0 Å². The first-order chi connectivity index (χ1) is 6.86. The summed E-state index contributed by atoms with van der Waals surface area (Å²) in [6, 6.07) is 1.97. The Kier molecular flexibility index (Phi) is 3.43. The SMILES string of the molecule is CC.CN1C2CC3CCCSC3CC21. The van der Waals surface area contributed by atoms with Crippen LogP contribution in [0.1, 0.15) is 39.5 Å². The van der Waals surface area contributed by atoms with Gasteiger partial charge >= 0.3 is 0 Å². The largest absolute Gasteiger partial charge is 0.297 e. The number of likely N-dealkylation sites (tertiary alicyclic amines) is 1. The molecule has 2 heteroatoms. The van der Waals surface area contributed by atoms with Crippen molar-refractivity contribution in [2.45, 2.75) is 56.9 Å². The van der Waals surface area contributed by atoms with Crippen molar-refractivity contribution in [1.29, 1.82) is 0 Å². The van der Waals surface area contributed by atoms with Crippen LogP contribution in [0.4, 0.5) is 0 Å². The van der Waals surface area contributed by atoms with E-state index in [2.05, 4.69) is 23.7 Å². The van der Waals surface area contributed by atoms with E-state index in [0.717, 1.165) is 23.3 Å². The molecular formula is C12H23NS. The highest BCUT2D eigenvalue weighted by molar-refractivity contribution is 7.99. The van der Waals surface area contributed by atoms with Crippen molar-refractivity contribution in [1.82, 2.24) is 4.90 Å². The summed E-state index contributed by atoms with van der Waals surface area (Å²) in [4.78, 5) is 2.58. The average Bonchev–Trinajstić information content (AvgIpc) is 2.89. The molecular weight excluding hydrogens is 190 g/mol. The van der Waals surface area contributed by atoms with Gasteiger partial charge in [-0.15, -0.1) is 0 Å². The van der Waals surface area contributed by atoms with Gasteiger partial charge in [0.15, 0.2) is 0 Å². The van der Waals surface area contributed by atoms with Crippen LogP contribution in [0.25, 0.3) is 0 Å². The predicted octanol–water partition coefficient (Wildman–Crippen LogP) is 3.00. The van der Waals surface area contributed by atoms with Gasteiger partial charge in [0.25, 0.3) is 0 Å². The minimum absolute atomic E-state index is 0.983. The van der Waals surface area contributed by atoms with E-state index in [0.29, 0.717) is 0 Å². The maximum absolute atomic E-state index is 2.58. The summed E-state index contributed by atoms with van der Waals surface area (Å²) in [7, 11) is 2.30. The predicted molar refractivity (Wildman–Crippen MR) is 64.9 cm³/mol. The molecule has 5 unspecified atom stereocenters. The second kappa shape index (κ2) is 4.44. The molecule has 2 heterocycles. The molecule has 0 aromatic heterocycles. The van der Waals surface area contributed by atoms with Crippen molar-refractivity contribution < 1.29 is 0 Å². The molecule has 14 heavy (non-hydrogen) atoms. The highest BCUT2D eigenvalue weighted by Crippen LogP contribution is 2.48. The van der Waals surface area contributed by atoms with Crippen molar-refractivity contribution >= 4 is 11.8 Å². The zero-order valence-corrected chi connectivity index (χ0v) is 10.5. The van der Waals surface area contributed by atoms with Crippen LogP contribution in [0, 0.1) is 5.92 Å². The smallest absolute Gasteiger partial charge is 0.0262 e. The fraction of sp³-hybridized carbons (Fsp3) is 1.00. The van der Waals surface area contributed by atoms with Gasteiger partial charge in [-0.1, -0.05) is 13.8 Å². The van der Waals surface area contributed by atoms with Crippen LogP contribution in [0.15, 0.2) is 0 Å². The van der Waals surface area contributed by atoms with Gasteiger partial charge < -0.3 is 0 Å². The van der Waals surface area contributed by atoms with Gasteiger partial charge in [0.1, 0.15) is 0 Å². The molecule has 1 aliphatic carbocycles. The first kappa shape index (κ1) is 10.8. The molecule has 0 aromatic rings. The second-order valence-electron chi connectivity index (χ2n) is 4.58. The van der Waals surface area contributed by atoms with Gasteiger partial charge in [0.2, 0.25) is 0 Å². The molecule has 0 radical (unpaired) electrons. The van der Waals surface area contributed by atoms with Crippen molar-refractivity contribution in [3.8, 4) is 0 Å². The Labute approximate surface area is 92.6 Å². The van der Waals surface area contributed by atoms with Gasteiger partial charge in [-0.05, 0) is 44.4 Å². The Balaban J connectivity index is 0.000000354. The molecule has 0 amide bonds. The third kappa shape index (κ3) is 1.83. The summed E-state index contributed by atoms with van der Waals surface area (Å²) >= 11 is 2.25. The quantitative estimate of drug-likeness (QED) is 0.569. The lowest BCUT2D eigenvalue weighted by Crippen LogP contribution is -2.29. The van der Waals surface area contributed by atoms with Crippen LogP contribution in [0.3, 0.4) is 0 Å². The van der Waals surface area contributed by atoms with Crippen LogP contribution in [0.2, 0.25) is 0 Å². The molecule has 0 N–H and O–H groups in total. The Morgan fingerprint density at radius 3 is 2.64 bits per heavy atom. The van der Waals surface area contributed by atoms with Crippen LogP contribution >= 0.6 is 11.8 Å². The van der Waals surface area contributed by atoms with E-state index < -0.39 is 0 Å². The van der Waals surface area contributed by atoms with Gasteiger partial charge in [-0.2, -0.15) is 11.8 Å². The minimum atomic E-state index is 0.983. The molecule has 1 saturated carbocycles. The summed E-state index contributed by atoms with van der Waals surface area (Å²) in [6.07, 6.45) is 6.01. The summed E-state index contributed by atoms with van der Waals surface area (Å²) in [5.74, 6) is 2.51. The van der Waals surface area contributed by atoms with E-state index in [-0.39, 0.29) is 0 Å². The molecule has 3 rings (SSSR count). The van der Waals surface area contributed by atoms with Gasteiger partial charge in [-0.3, -0.25) is 4.90 Å². The molecule has 0 spiro atoms. The maximum Gasteiger partial charge on any atom is 0.0262 e. The fourth-order valence-corrected chi connectivity index (χ4v) is 4.59. The average molecular weight is 213 g/mol. The summed E-state index contributed by atoms with van der Waals surface area (Å²) in [6.45, 7) is 4.00. The third-order valence-electron chi connectivity index (χ3n) is 4.00. The third-order valence-corrected chi connectivity index (χ3v) is 5.53. The Morgan fingerprint density at radius 1 is 1.14 bits per heavy atom. The number of nitrogens with zero attached hydrogens (tertiary/aromatic N) is 1.